The maximum Gasteiger partial charge on any atom is 0.357 e. The molecule has 0 aliphatic rings. The van der Waals surface area contributed by atoms with Gasteiger partial charge in [-0.25, -0.2) is 4.79 Å². The Kier molecular flexibility index (Phi) is 4.95. The number of hydrogen-bond donors (Lipinski definition) is 0. The van der Waals surface area contributed by atoms with Gasteiger partial charge in [0.1, 0.15) is 5.75 Å². The molecule has 0 saturated heterocycles. The minimum Gasteiger partial charge on any atom is -0.446 e. The first-order valence-corrected chi connectivity index (χ1v) is 6.63. The molecule has 2 aromatic rings. The van der Waals surface area contributed by atoms with Crippen molar-refractivity contribution >= 4 is 23.5 Å². The van der Waals surface area contributed by atoms with Crippen LogP contribution in [0, 0.1) is 0 Å². The predicted molar refractivity (Wildman–Crippen MR) is 78.0 cm³/mol. The lowest BCUT2D eigenvalue weighted by Gasteiger charge is -2.16. The van der Waals surface area contributed by atoms with Crippen molar-refractivity contribution in [1.29, 1.82) is 0 Å². The van der Waals surface area contributed by atoms with Crippen LogP contribution in [0.4, 0.5) is 0 Å². The van der Waals surface area contributed by atoms with Crippen molar-refractivity contribution in [3.8, 4) is 5.75 Å². The summed E-state index contributed by atoms with van der Waals surface area (Å²) in [5.74, 6) is -0.895. The molecule has 0 aliphatic carbocycles. The number of hydrogen-bond acceptors (Lipinski definition) is 4. The van der Waals surface area contributed by atoms with Crippen molar-refractivity contribution in [2.45, 2.75) is 13.0 Å². The summed E-state index contributed by atoms with van der Waals surface area (Å²) >= 11 is 5.77. The van der Waals surface area contributed by atoms with Crippen LogP contribution in [-0.4, -0.2) is 11.9 Å². The number of benzene rings is 2. The molecule has 0 N–H and O–H groups in total. The molecule has 0 spiro atoms. The van der Waals surface area contributed by atoms with E-state index in [2.05, 4.69) is 0 Å². The summed E-state index contributed by atoms with van der Waals surface area (Å²) in [5, 5.41) is 0.536. The maximum absolute atomic E-state index is 12.2. The van der Waals surface area contributed by atoms with E-state index in [0.29, 0.717) is 16.3 Å². The largest absolute Gasteiger partial charge is 0.446 e. The molecule has 108 valence electrons. The first kappa shape index (κ1) is 15.1. The fourth-order valence-corrected chi connectivity index (χ4v) is 1.84. The monoisotopic (exact) mass is 304 g/mol. The third-order valence-corrected chi connectivity index (χ3v) is 2.88. The predicted octanol–water partition coefficient (Wildman–Crippen LogP) is 3.55. The van der Waals surface area contributed by atoms with Crippen LogP contribution >= 0.6 is 11.6 Å². The fourth-order valence-electron chi connectivity index (χ4n) is 1.72. The summed E-state index contributed by atoms with van der Waals surface area (Å²) in [6, 6.07) is 15.0. The molecule has 2 rings (SSSR count). The van der Waals surface area contributed by atoms with E-state index >= 15 is 0 Å². The van der Waals surface area contributed by atoms with E-state index in [-0.39, 0.29) is 0 Å². The molecule has 0 aliphatic heterocycles. The highest BCUT2D eigenvalue weighted by molar-refractivity contribution is 6.30. The van der Waals surface area contributed by atoms with E-state index in [4.69, 9.17) is 21.1 Å². The molecule has 5 heteroatoms. The number of carbonyl (C=O) groups excluding carboxylic acids is 2. The van der Waals surface area contributed by atoms with Crippen LogP contribution in [-0.2, 0) is 14.3 Å². The van der Waals surface area contributed by atoms with Gasteiger partial charge in [0.15, 0.2) is 0 Å². The number of carbonyl (C=O) groups is 2. The van der Waals surface area contributed by atoms with Gasteiger partial charge in [-0.2, -0.15) is 0 Å². The Morgan fingerprint density at radius 3 is 2.19 bits per heavy atom. The van der Waals surface area contributed by atoms with Crippen LogP contribution < -0.4 is 4.74 Å². The first-order valence-electron chi connectivity index (χ1n) is 6.25. The molecule has 0 amide bonds. The summed E-state index contributed by atoms with van der Waals surface area (Å²) in [5.41, 5.74) is 0.548. The minimum atomic E-state index is -1.10. The normalized spacial score (nSPS) is 11.5. The molecule has 2 aromatic carbocycles. The van der Waals surface area contributed by atoms with Crippen LogP contribution in [0.25, 0.3) is 0 Å². The van der Waals surface area contributed by atoms with E-state index in [0.717, 1.165) is 0 Å². The number of esters is 2. The highest BCUT2D eigenvalue weighted by Gasteiger charge is 2.25. The molecule has 21 heavy (non-hydrogen) atoms. The van der Waals surface area contributed by atoms with Gasteiger partial charge in [-0.3, -0.25) is 4.79 Å². The number of halogens is 1. The van der Waals surface area contributed by atoms with Gasteiger partial charge in [-0.1, -0.05) is 41.9 Å². The van der Waals surface area contributed by atoms with Crippen molar-refractivity contribution in [2.75, 3.05) is 0 Å². The van der Waals surface area contributed by atoms with Crippen molar-refractivity contribution in [3.63, 3.8) is 0 Å². The van der Waals surface area contributed by atoms with Gasteiger partial charge in [0.05, 0.1) is 0 Å². The number of ether oxygens (including phenoxy) is 2. The summed E-state index contributed by atoms with van der Waals surface area (Å²) < 4.78 is 10.3. The van der Waals surface area contributed by atoms with Crippen molar-refractivity contribution in [2.24, 2.45) is 0 Å². The van der Waals surface area contributed by atoms with Crippen LogP contribution in [0.1, 0.15) is 18.6 Å². The van der Waals surface area contributed by atoms with Gasteiger partial charge in [0.2, 0.25) is 6.10 Å². The second kappa shape index (κ2) is 6.90. The number of rotatable bonds is 4. The zero-order valence-electron chi connectivity index (χ0n) is 11.3. The molecule has 1 atom stereocenters. The molecule has 0 fully saturated rings. The average Bonchev–Trinajstić information content (AvgIpc) is 2.48. The zero-order chi connectivity index (χ0) is 15.2. The summed E-state index contributed by atoms with van der Waals surface area (Å²) in [7, 11) is 0. The lowest BCUT2D eigenvalue weighted by Crippen LogP contribution is -2.23. The summed E-state index contributed by atoms with van der Waals surface area (Å²) in [4.78, 5) is 23.4. The Labute approximate surface area is 127 Å². The second-order valence-electron chi connectivity index (χ2n) is 4.28. The molecule has 4 nitrogen and oxygen atoms in total. The van der Waals surface area contributed by atoms with Crippen LogP contribution in [0.2, 0.25) is 5.02 Å². The Balaban J connectivity index is 2.18. The first-order chi connectivity index (χ1) is 10.1. The van der Waals surface area contributed by atoms with Crippen molar-refractivity contribution in [3.05, 3.63) is 65.2 Å². The maximum atomic E-state index is 12.2. The molecule has 0 saturated carbocycles. The fraction of sp³-hybridized carbons (Fsp3) is 0.125. The molecular formula is C16H13ClO4. The lowest BCUT2D eigenvalue weighted by molar-refractivity contribution is -0.161. The summed E-state index contributed by atoms with van der Waals surface area (Å²) in [6.45, 7) is 1.24. The smallest absolute Gasteiger partial charge is 0.357 e. The molecule has 0 aromatic heterocycles. The molecule has 0 radical (unpaired) electrons. The van der Waals surface area contributed by atoms with Gasteiger partial charge < -0.3 is 9.47 Å². The van der Waals surface area contributed by atoms with Gasteiger partial charge in [0, 0.05) is 17.5 Å². The van der Waals surface area contributed by atoms with Crippen LogP contribution in [0.5, 0.6) is 5.75 Å². The van der Waals surface area contributed by atoms with Gasteiger partial charge in [-0.15, -0.1) is 0 Å². The topological polar surface area (TPSA) is 52.6 Å². The van der Waals surface area contributed by atoms with E-state index in [9.17, 15) is 9.59 Å². The zero-order valence-corrected chi connectivity index (χ0v) is 12.0. The SMILES string of the molecule is CC(=O)O[C@@H](C(=O)Oc1ccc(Cl)cc1)c1ccccc1. The van der Waals surface area contributed by atoms with E-state index in [1.807, 2.05) is 0 Å². The van der Waals surface area contributed by atoms with Gasteiger partial charge in [0.25, 0.3) is 0 Å². The minimum absolute atomic E-state index is 0.331. The van der Waals surface area contributed by atoms with E-state index in [1.54, 1.807) is 54.6 Å². The Bertz CT molecular complexity index is 622. The third-order valence-electron chi connectivity index (χ3n) is 2.63. The molecule has 0 heterocycles. The van der Waals surface area contributed by atoms with Crippen LogP contribution in [0.3, 0.4) is 0 Å². The van der Waals surface area contributed by atoms with Gasteiger partial charge >= 0.3 is 11.9 Å². The van der Waals surface area contributed by atoms with Gasteiger partial charge in [-0.05, 0) is 24.3 Å². The standard InChI is InChI=1S/C16H13ClO4/c1-11(18)20-15(12-5-3-2-4-6-12)16(19)21-14-9-7-13(17)8-10-14/h2-10,15H,1H3/t15-/m1/s1. The van der Waals surface area contributed by atoms with E-state index in [1.165, 1.54) is 6.92 Å². The lowest BCUT2D eigenvalue weighted by atomic mass is 10.1. The Morgan fingerprint density at radius 1 is 1.00 bits per heavy atom. The average molecular weight is 305 g/mol. The second-order valence-corrected chi connectivity index (χ2v) is 4.71. The quantitative estimate of drug-likeness (QED) is 0.640. The van der Waals surface area contributed by atoms with E-state index < -0.39 is 18.0 Å². The molecule has 0 unspecified atom stereocenters. The Morgan fingerprint density at radius 2 is 1.62 bits per heavy atom. The molecule has 0 bridgehead atoms. The highest BCUT2D eigenvalue weighted by Crippen LogP contribution is 2.22. The summed E-state index contributed by atoms with van der Waals surface area (Å²) in [6.07, 6.45) is -1.10. The molecular weight excluding hydrogens is 292 g/mol. The van der Waals surface area contributed by atoms with Crippen molar-refractivity contribution < 1.29 is 19.1 Å². The van der Waals surface area contributed by atoms with Crippen LogP contribution in [0.15, 0.2) is 54.6 Å². The Hall–Kier alpha value is -2.33. The van der Waals surface area contributed by atoms with Crippen molar-refractivity contribution in [1.82, 2.24) is 0 Å². The highest BCUT2D eigenvalue weighted by atomic mass is 35.5. The third kappa shape index (κ3) is 4.33.